The summed E-state index contributed by atoms with van der Waals surface area (Å²) >= 11 is 11.7. The van der Waals surface area contributed by atoms with Gasteiger partial charge in [-0.25, -0.2) is 0 Å². The van der Waals surface area contributed by atoms with Crippen LogP contribution in [0.1, 0.15) is 30.3 Å². The molecular formula is C16H19BrClNS. The summed E-state index contributed by atoms with van der Waals surface area (Å²) < 4.78 is 1.10. The van der Waals surface area contributed by atoms with E-state index in [-0.39, 0.29) is 0 Å². The Morgan fingerprint density at radius 2 is 1.95 bits per heavy atom. The fourth-order valence-corrected chi connectivity index (χ4v) is 4.59. The highest BCUT2D eigenvalue weighted by Crippen LogP contribution is 2.39. The van der Waals surface area contributed by atoms with Gasteiger partial charge in [-0.2, -0.15) is 0 Å². The van der Waals surface area contributed by atoms with E-state index < -0.39 is 0 Å². The van der Waals surface area contributed by atoms with E-state index in [9.17, 15) is 0 Å². The highest BCUT2D eigenvalue weighted by Gasteiger charge is 2.17. The van der Waals surface area contributed by atoms with Crippen molar-refractivity contribution in [1.29, 1.82) is 0 Å². The number of halogens is 2. The molecule has 2 aromatic rings. The Labute approximate surface area is 138 Å². The maximum Gasteiger partial charge on any atom is 0.0442 e. The van der Waals surface area contributed by atoms with E-state index >= 15 is 0 Å². The SMILES string of the molecule is CNC(c1ccc(-c2cc(Cl)c(C)cc2Br)s1)C(C)C. The number of rotatable bonds is 4. The van der Waals surface area contributed by atoms with Gasteiger partial charge in [0.1, 0.15) is 0 Å². The molecule has 1 aromatic heterocycles. The monoisotopic (exact) mass is 371 g/mol. The highest BCUT2D eigenvalue weighted by molar-refractivity contribution is 9.10. The van der Waals surface area contributed by atoms with E-state index in [1.54, 1.807) is 0 Å². The Hall–Kier alpha value is -0.350. The van der Waals surface area contributed by atoms with E-state index in [1.807, 2.05) is 31.4 Å². The van der Waals surface area contributed by atoms with Crippen LogP contribution in [0.15, 0.2) is 28.7 Å². The van der Waals surface area contributed by atoms with E-state index in [0.717, 1.165) is 20.6 Å². The molecule has 0 saturated carbocycles. The summed E-state index contributed by atoms with van der Waals surface area (Å²) in [6.07, 6.45) is 0. The molecule has 1 nitrogen and oxygen atoms in total. The molecule has 0 saturated heterocycles. The van der Waals surface area contributed by atoms with Crippen LogP contribution in [0, 0.1) is 12.8 Å². The van der Waals surface area contributed by atoms with Gasteiger partial charge in [0.05, 0.1) is 0 Å². The zero-order valence-electron chi connectivity index (χ0n) is 12.1. The molecule has 108 valence electrons. The van der Waals surface area contributed by atoms with E-state index in [2.05, 4.69) is 53.3 Å². The van der Waals surface area contributed by atoms with Gasteiger partial charge < -0.3 is 5.32 Å². The Balaban J connectivity index is 2.41. The number of hydrogen-bond donors (Lipinski definition) is 1. The molecule has 4 heteroatoms. The van der Waals surface area contributed by atoms with E-state index in [4.69, 9.17) is 11.6 Å². The normalized spacial score (nSPS) is 12.9. The Morgan fingerprint density at radius 3 is 2.55 bits per heavy atom. The molecule has 1 heterocycles. The standard InChI is InChI=1S/C16H19BrClNS/c1-9(2)16(19-4)15-6-5-14(20-15)11-8-13(18)10(3)7-12(11)17/h5-9,16,19H,1-4H3. The van der Waals surface area contributed by atoms with Crippen LogP contribution < -0.4 is 5.32 Å². The molecule has 20 heavy (non-hydrogen) atoms. The van der Waals surface area contributed by atoms with Gasteiger partial charge >= 0.3 is 0 Å². The van der Waals surface area contributed by atoms with Gasteiger partial charge in [0.2, 0.25) is 0 Å². The van der Waals surface area contributed by atoms with Crippen molar-refractivity contribution >= 4 is 38.9 Å². The van der Waals surface area contributed by atoms with Gasteiger partial charge in [-0.1, -0.05) is 41.4 Å². The first kappa shape index (κ1) is 16.0. The third kappa shape index (κ3) is 3.28. The minimum absolute atomic E-state index is 0.397. The predicted molar refractivity (Wildman–Crippen MR) is 93.8 cm³/mol. The maximum absolute atomic E-state index is 6.25. The number of thiophene rings is 1. The second kappa shape index (κ2) is 6.61. The summed E-state index contributed by atoms with van der Waals surface area (Å²) in [5.74, 6) is 0.566. The van der Waals surface area contributed by atoms with Crippen molar-refractivity contribution in [2.75, 3.05) is 7.05 Å². The highest BCUT2D eigenvalue weighted by atomic mass is 79.9. The molecule has 0 aliphatic heterocycles. The second-order valence-corrected chi connectivity index (χ2v) is 7.67. The average Bonchev–Trinajstić information content (AvgIpc) is 2.83. The number of hydrogen-bond acceptors (Lipinski definition) is 2. The molecule has 0 amide bonds. The van der Waals surface area contributed by atoms with Gasteiger partial charge in [0.15, 0.2) is 0 Å². The predicted octanol–water partition coefficient (Wildman–Crippen LogP) is 6.06. The molecule has 0 aliphatic rings. The van der Waals surface area contributed by atoms with Crippen molar-refractivity contribution in [1.82, 2.24) is 5.32 Å². The topological polar surface area (TPSA) is 12.0 Å². The van der Waals surface area contributed by atoms with Crippen LogP contribution in [0.4, 0.5) is 0 Å². The van der Waals surface area contributed by atoms with Crippen LogP contribution >= 0.6 is 38.9 Å². The third-order valence-corrected chi connectivity index (χ3v) is 5.69. The number of nitrogens with one attached hydrogen (secondary N) is 1. The fourth-order valence-electron chi connectivity index (χ4n) is 2.30. The number of benzene rings is 1. The molecule has 1 aromatic carbocycles. The van der Waals surface area contributed by atoms with Gasteiger partial charge in [0.25, 0.3) is 0 Å². The average molecular weight is 373 g/mol. The first-order valence-electron chi connectivity index (χ1n) is 6.67. The van der Waals surface area contributed by atoms with Crippen molar-refractivity contribution in [3.8, 4) is 10.4 Å². The summed E-state index contributed by atoms with van der Waals surface area (Å²) in [5.41, 5.74) is 2.25. The van der Waals surface area contributed by atoms with Crippen LogP contribution in [0.5, 0.6) is 0 Å². The van der Waals surface area contributed by atoms with Crippen molar-refractivity contribution in [2.45, 2.75) is 26.8 Å². The quantitative estimate of drug-likeness (QED) is 0.688. The third-order valence-electron chi connectivity index (χ3n) is 3.42. The van der Waals surface area contributed by atoms with Crippen molar-refractivity contribution in [3.63, 3.8) is 0 Å². The summed E-state index contributed by atoms with van der Waals surface area (Å²) in [4.78, 5) is 2.61. The maximum atomic E-state index is 6.25. The van der Waals surface area contributed by atoms with Crippen LogP contribution in [-0.4, -0.2) is 7.05 Å². The van der Waals surface area contributed by atoms with Crippen LogP contribution in [0.25, 0.3) is 10.4 Å². The molecule has 2 rings (SSSR count). The van der Waals surface area contributed by atoms with Crippen LogP contribution in [0.3, 0.4) is 0 Å². The lowest BCUT2D eigenvalue weighted by molar-refractivity contribution is 0.449. The summed E-state index contributed by atoms with van der Waals surface area (Å²) in [6.45, 7) is 6.49. The molecule has 0 spiro atoms. The molecule has 0 fully saturated rings. The molecule has 1 unspecified atom stereocenters. The van der Waals surface area contributed by atoms with Gasteiger partial charge in [-0.3, -0.25) is 0 Å². The molecule has 0 radical (unpaired) electrons. The first-order valence-corrected chi connectivity index (χ1v) is 8.65. The lowest BCUT2D eigenvalue weighted by Gasteiger charge is -2.18. The van der Waals surface area contributed by atoms with Crippen molar-refractivity contribution in [2.24, 2.45) is 5.92 Å². The largest absolute Gasteiger partial charge is 0.312 e. The molecule has 0 aliphatic carbocycles. The summed E-state index contributed by atoms with van der Waals surface area (Å²) in [5, 5.41) is 4.20. The molecule has 1 atom stereocenters. The fraction of sp³-hybridized carbons (Fsp3) is 0.375. The Morgan fingerprint density at radius 1 is 1.25 bits per heavy atom. The van der Waals surface area contributed by atoms with Gasteiger partial charge in [0, 0.05) is 30.9 Å². The smallest absolute Gasteiger partial charge is 0.0442 e. The minimum atomic E-state index is 0.397. The second-order valence-electron chi connectivity index (χ2n) is 5.29. The van der Waals surface area contributed by atoms with Gasteiger partial charge in [-0.15, -0.1) is 11.3 Å². The van der Waals surface area contributed by atoms with Crippen molar-refractivity contribution in [3.05, 3.63) is 44.2 Å². The zero-order chi connectivity index (χ0) is 14.9. The molecule has 0 bridgehead atoms. The van der Waals surface area contributed by atoms with Gasteiger partial charge in [-0.05, 0) is 49.7 Å². The first-order chi connectivity index (χ1) is 9.43. The van der Waals surface area contributed by atoms with Crippen molar-refractivity contribution < 1.29 is 0 Å². The number of aryl methyl sites for hydroxylation is 1. The van der Waals surface area contributed by atoms with E-state index in [1.165, 1.54) is 9.75 Å². The molecular weight excluding hydrogens is 354 g/mol. The molecule has 1 N–H and O–H groups in total. The van der Waals surface area contributed by atoms with E-state index in [0.29, 0.717) is 12.0 Å². The summed E-state index contributed by atoms with van der Waals surface area (Å²) in [6, 6.07) is 8.91. The van der Waals surface area contributed by atoms with Crippen LogP contribution in [0.2, 0.25) is 5.02 Å². The van der Waals surface area contributed by atoms with Crippen LogP contribution in [-0.2, 0) is 0 Å². The Kier molecular flexibility index (Phi) is 5.30. The lowest BCUT2D eigenvalue weighted by atomic mass is 10.0. The minimum Gasteiger partial charge on any atom is -0.312 e. The lowest BCUT2D eigenvalue weighted by Crippen LogP contribution is -2.20. The summed E-state index contributed by atoms with van der Waals surface area (Å²) in [7, 11) is 2.02. The Bertz CT molecular complexity index is 607. The zero-order valence-corrected chi connectivity index (χ0v) is 15.3.